The van der Waals surface area contributed by atoms with Gasteiger partial charge < -0.3 is 4.74 Å². The molecule has 0 saturated carbocycles. The van der Waals surface area contributed by atoms with Crippen molar-refractivity contribution in [1.29, 1.82) is 0 Å². The van der Waals surface area contributed by atoms with Gasteiger partial charge in [0.25, 0.3) is 0 Å². The Morgan fingerprint density at radius 1 is 1.10 bits per heavy atom. The van der Waals surface area contributed by atoms with E-state index in [0.717, 1.165) is 30.8 Å². The molecular weight excluding hydrogens is 260 g/mol. The highest BCUT2D eigenvalue weighted by molar-refractivity contribution is 5.81. The Hall–Kier alpha value is -2.09. The Labute approximate surface area is 125 Å². The maximum atomic E-state index is 12.1. The third kappa shape index (κ3) is 3.52. The van der Waals surface area contributed by atoms with Crippen LogP contribution in [-0.2, 0) is 24.1 Å². The first kappa shape index (κ1) is 13.9. The number of aryl methyl sites for hydroxylation is 2. The van der Waals surface area contributed by atoms with Crippen molar-refractivity contribution in [2.75, 3.05) is 6.61 Å². The third-order valence-electron chi connectivity index (χ3n) is 3.97. The maximum Gasteiger partial charge on any atom is 0.137 e. The molecule has 0 spiro atoms. The molecule has 0 saturated heterocycles. The number of fused-ring (bicyclic) bond motifs is 1. The molecule has 2 aromatic carbocycles. The fourth-order valence-corrected chi connectivity index (χ4v) is 2.70. The van der Waals surface area contributed by atoms with Gasteiger partial charge in [-0.2, -0.15) is 0 Å². The highest BCUT2D eigenvalue weighted by Crippen LogP contribution is 2.26. The molecule has 0 radical (unpaired) electrons. The fraction of sp³-hybridized carbons (Fsp3) is 0.316. The van der Waals surface area contributed by atoms with Crippen molar-refractivity contribution >= 4 is 5.78 Å². The first-order valence-corrected chi connectivity index (χ1v) is 7.52. The smallest absolute Gasteiger partial charge is 0.137 e. The van der Waals surface area contributed by atoms with Crippen LogP contribution in [0.4, 0.5) is 0 Å². The number of ether oxygens (including phenoxy) is 1. The van der Waals surface area contributed by atoms with E-state index in [9.17, 15) is 4.79 Å². The summed E-state index contributed by atoms with van der Waals surface area (Å²) in [7, 11) is 0. The second kappa shape index (κ2) is 6.13. The summed E-state index contributed by atoms with van der Waals surface area (Å²) in [5, 5.41) is 0. The molecule has 0 aromatic heterocycles. The van der Waals surface area contributed by atoms with Gasteiger partial charge in [-0.25, -0.2) is 0 Å². The first-order valence-electron chi connectivity index (χ1n) is 7.52. The summed E-state index contributed by atoms with van der Waals surface area (Å²) in [4.78, 5) is 12.1. The zero-order valence-corrected chi connectivity index (χ0v) is 12.4. The van der Waals surface area contributed by atoms with E-state index >= 15 is 0 Å². The van der Waals surface area contributed by atoms with Crippen molar-refractivity contribution in [3.63, 3.8) is 0 Å². The van der Waals surface area contributed by atoms with Crippen LogP contribution in [0.15, 0.2) is 42.5 Å². The Bertz CT molecular complexity index is 641. The molecule has 0 amide bonds. The van der Waals surface area contributed by atoms with Gasteiger partial charge in [-0.15, -0.1) is 0 Å². The molecule has 108 valence electrons. The van der Waals surface area contributed by atoms with Crippen molar-refractivity contribution in [3.8, 4) is 5.75 Å². The van der Waals surface area contributed by atoms with Gasteiger partial charge in [0.1, 0.15) is 11.5 Å². The van der Waals surface area contributed by atoms with E-state index in [1.54, 1.807) is 0 Å². The molecule has 2 heteroatoms. The second-order valence-electron chi connectivity index (χ2n) is 5.74. The third-order valence-corrected chi connectivity index (χ3v) is 3.97. The van der Waals surface area contributed by atoms with Gasteiger partial charge in [-0.3, -0.25) is 4.79 Å². The molecule has 3 rings (SSSR count). The molecule has 0 unspecified atom stereocenters. The zero-order valence-electron chi connectivity index (χ0n) is 12.4. The van der Waals surface area contributed by atoms with Crippen LogP contribution >= 0.6 is 0 Å². The lowest BCUT2D eigenvalue weighted by molar-refractivity contribution is -0.118. The Morgan fingerprint density at radius 3 is 2.67 bits per heavy atom. The second-order valence-corrected chi connectivity index (χ2v) is 5.74. The summed E-state index contributed by atoms with van der Waals surface area (Å²) in [5.74, 6) is 1.31. The lowest BCUT2D eigenvalue weighted by Crippen LogP contribution is -2.04. The summed E-state index contributed by atoms with van der Waals surface area (Å²) < 4.78 is 5.50. The van der Waals surface area contributed by atoms with Gasteiger partial charge in [-0.1, -0.05) is 42.0 Å². The summed E-state index contributed by atoms with van der Waals surface area (Å²) in [6.45, 7) is 2.84. The number of carbonyl (C=O) groups is 1. The minimum atomic E-state index is 0.301. The molecule has 21 heavy (non-hydrogen) atoms. The maximum absolute atomic E-state index is 12.1. The number of hydrogen-bond acceptors (Lipinski definition) is 2. The molecule has 2 nitrogen and oxygen atoms in total. The number of Topliss-reactive ketones (excluding diaryl/α,β-unsaturated/α-hetero) is 1. The Balaban J connectivity index is 1.55. The Kier molecular flexibility index (Phi) is 4.05. The van der Waals surface area contributed by atoms with Crippen LogP contribution < -0.4 is 4.74 Å². The zero-order chi connectivity index (χ0) is 14.7. The molecule has 0 atom stereocenters. The monoisotopic (exact) mass is 280 g/mol. The molecule has 0 bridgehead atoms. The first-order chi connectivity index (χ1) is 10.2. The van der Waals surface area contributed by atoms with Gasteiger partial charge in [0.05, 0.1) is 6.61 Å². The highest BCUT2D eigenvalue weighted by atomic mass is 16.5. The molecule has 1 aliphatic heterocycles. The van der Waals surface area contributed by atoms with Crippen molar-refractivity contribution in [2.24, 2.45) is 0 Å². The van der Waals surface area contributed by atoms with E-state index in [2.05, 4.69) is 31.2 Å². The van der Waals surface area contributed by atoms with Gasteiger partial charge in [0.15, 0.2) is 0 Å². The number of rotatable bonds is 5. The predicted octanol–water partition coefficient (Wildman–Crippen LogP) is 3.67. The van der Waals surface area contributed by atoms with E-state index < -0.39 is 0 Å². The van der Waals surface area contributed by atoms with Crippen LogP contribution in [0.5, 0.6) is 5.75 Å². The van der Waals surface area contributed by atoms with Gasteiger partial charge in [-0.05, 0) is 36.1 Å². The van der Waals surface area contributed by atoms with Crippen LogP contribution in [0.1, 0.15) is 28.7 Å². The standard InChI is InChI=1S/C19H20O2/c1-14-2-4-16(5-3-14)13-18(20)8-6-15-7-9-19-17(12-15)10-11-21-19/h2-5,7,9,12H,6,8,10-11,13H2,1H3. The van der Waals surface area contributed by atoms with Crippen molar-refractivity contribution in [2.45, 2.75) is 32.6 Å². The molecule has 1 aliphatic rings. The fourth-order valence-electron chi connectivity index (χ4n) is 2.70. The van der Waals surface area contributed by atoms with Crippen molar-refractivity contribution in [3.05, 3.63) is 64.7 Å². The lowest BCUT2D eigenvalue weighted by Gasteiger charge is -2.05. The van der Waals surface area contributed by atoms with E-state index in [-0.39, 0.29) is 0 Å². The average molecular weight is 280 g/mol. The number of hydrogen-bond donors (Lipinski definition) is 0. The van der Waals surface area contributed by atoms with Crippen LogP contribution in [0.2, 0.25) is 0 Å². The lowest BCUT2D eigenvalue weighted by atomic mass is 10.0. The topological polar surface area (TPSA) is 26.3 Å². The van der Waals surface area contributed by atoms with Crippen LogP contribution in [0.3, 0.4) is 0 Å². The molecule has 0 fully saturated rings. The SMILES string of the molecule is Cc1ccc(CC(=O)CCc2ccc3c(c2)CCO3)cc1. The minimum Gasteiger partial charge on any atom is -0.493 e. The number of benzene rings is 2. The predicted molar refractivity (Wildman–Crippen MR) is 83.9 cm³/mol. The van der Waals surface area contributed by atoms with Gasteiger partial charge >= 0.3 is 0 Å². The van der Waals surface area contributed by atoms with Crippen molar-refractivity contribution in [1.82, 2.24) is 0 Å². The van der Waals surface area contributed by atoms with E-state index in [1.807, 2.05) is 18.2 Å². The molecule has 0 aliphatic carbocycles. The minimum absolute atomic E-state index is 0.301. The summed E-state index contributed by atoms with van der Waals surface area (Å²) in [6, 6.07) is 14.5. The normalized spacial score (nSPS) is 12.8. The van der Waals surface area contributed by atoms with E-state index in [4.69, 9.17) is 4.74 Å². The number of carbonyl (C=O) groups excluding carboxylic acids is 1. The van der Waals surface area contributed by atoms with Crippen LogP contribution in [0.25, 0.3) is 0 Å². The van der Waals surface area contributed by atoms with E-state index in [0.29, 0.717) is 18.6 Å². The molecular formula is C19H20O2. The van der Waals surface area contributed by atoms with Crippen LogP contribution in [0, 0.1) is 6.92 Å². The van der Waals surface area contributed by atoms with Crippen molar-refractivity contribution < 1.29 is 9.53 Å². The summed E-state index contributed by atoms with van der Waals surface area (Å²) >= 11 is 0. The highest BCUT2D eigenvalue weighted by Gasteiger charge is 2.12. The quantitative estimate of drug-likeness (QED) is 0.835. The van der Waals surface area contributed by atoms with Gasteiger partial charge in [0, 0.05) is 19.3 Å². The average Bonchev–Trinajstić information content (AvgIpc) is 2.95. The molecule has 0 N–H and O–H groups in total. The largest absolute Gasteiger partial charge is 0.493 e. The van der Waals surface area contributed by atoms with Crippen LogP contribution in [-0.4, -0.2) is 12.4 Å². The van der Waals surface area contributed by atoms with Gasteiger partial charge in [0.2, 0.25) is 0 Å². The summed E-state index contributed by atoms with van der Waals surface area (Å²) in [5.41, 5.74) is 4.84. The molecule has 2 aromatic rings. The molecule has 1 heterocycles. The van der Waals surface area contributed by atoms with E-state index in [1.165, 1.54) is 16.7 Å². The Morgan fingerprint density at radius 2 is 1.86 bits per heavy atom. The number of ketones is 1. The summed E-state index contributed by atoms with van der Waals surface area (Å²) in [6.07, 6.45) is 2.94.